The maximum absolute atomic E-state index is 14.4. The van der Waals surface area contributed by atoms with Crippen LogP contribution in [0, 0.1) is 0 Å². The lowest BCUT2D eigenvalue weighted by Gasteiger charge is -2.39. The molecule has 2 aliphatic heterocycles. The van der Waals surface area contributed by atoms with Crippen LogP contribution in [0.25, 0.3) is 10.8 Å². The molecule has 1 fully saturated rings. The van der Waals surface area contributed by atoms with Crippen LogP contribution >= 0.6 is 0 Å². The fourth-order valence-corrected chi connectivity index (χ4v) is 8.11. The number of likely N-dealkylation sites (tertiary alicyclic amines) is 1. The minimum atomic E-state index is -0.841. The SMILES string of the molecule is COc1ccc(C2CC[C@@H]([C@@H](C)OC(=O)OC(C)(C)C)N2C(=O)OC(C)(C)C)c2c(OC)c3c(c(OC)c12)[C@H](C)O[C@@H](OCc1ccccc1)[C@H]3OCc1ccccc1. The summed E-state index contributed by atoms with van der Waals surface area (Å²) in [4.78, 5) is 29.0. The van der Waals surface area contributed by atoms with Crippen molar-refractivity contribution in [2.75, 3.05) is 21.3 Å². The van der Waals surface area contributed by atoms with Crippen LogP contribution in [0.3, 0.4) is 0 Å². The van der Waals surface area contributed by atoms with Gasteiger partial charge in [-0.05, 0) is 91.0 Å². The summed E-state index contributed by atoms with van der Waals surface area (Å²) in [5.41, 5.74) is 2.59. The Hall–Kier alpha value is -5.04. The largest absolute Gasteiger partial charge is 0.509 e. The first-order valence-corrected chi connectivity index (χ1v) is 20.2. The van der Waals surface area contributed by atoms with Crippen LogP contribution in [0.4, 0.5) is 9.59 Å². The first-order valence-electron chi connectivity index (χ1n) is 20.2. The van der Waals surface area contributed by atoms with Crippen molar-refractivity contribution in [3.8, 4) is 17.2 Å². The first kappa shape index (κ1) is 43.5. The molecule has 0 aliphatic carbocycles. The van der Waals surface area contributed by atoms with Crippen LogP contribution in [0.2, 0.25) is 0 Å². The smallest absolute Gasteiger partial charge is 0.496 e. The minimum Gasteiger partial charge on any atom is -0.496 e. The van der Waals surface area contributed by atoms with Gasteiger partial charge in [-0.25, -0.2) is 9.59 Å². The van der Waals surface area contributed by atoms with E-state index in [2.05, 4.69) is 0 Å². The zero-order valence-electron chi connectivity index (χ0n) is 36.2. The van der Waals surface area contributed by atoms with Crippen LogP contribution in [-0.4, -0.2) is 68.1 Å². The van der Waals surface area contributed by atoms with Crippen molar-refractivity contribution in [1.29, 1.82) is 0 Å². The Kier molecular flexibility index (Phi) is 13.3. The average Bonchev–Trinajstić information content (AvgIpc) is 3.63. The number of benzene rings is 4. The number of carbonyl (C=O) groups excluding carboxylic acids is 2. The summed E-state index contributed by atoms with van der Waals surface area (Å²) in [7, 11) is 4.85. The summed E-state index contributed by atoms with van der Waals surface area (Å²) in [5, 5.41) is 1.32. The van der Waals surface area contributed by atoms with Crippen molar-refractivity contribution < 1.29 is 52.2 Å². The fourth-order valence-electron chi connectivity index (χ4n) is 8.11. The van der Waals surface area contributed by atoms with Crippen LogP contribution in [0.1, 0.15) is 114 Å². The van der Waals surface area contributed by atoms with Gasteiger partial charge in [0, 0.05) is 16.5 Å². The summed E-state index contributed by atoms with van der Waals surface area (Å²) in [6.07, 6.45) is -3.20. The molecule has 2 heterocycles. The van der Waals surface area contributed by atoms with Crippen LogP contribution in [0.5, 0.6) is 17.2 Å². The predicted molar refractivity (Wildman–Crippen MR) is 223 cm³/mol. The Bertz CT molecular complexity index is 2080. The Morgan fingerprint density at radius 3 is 1.86 bits per heavy atom. The average molecular weight is 814 g/mol. The van der Waals surface area contributed by atoms with Crippen molar-refractivity contribution in [2.45, 2.75) is 129 Å². The number of amides is 1. The normalized spacial score (nSPS) is 21.1. The third kappa shape index (κ3) is 9.72. The maximum Gasteiger partial charge on any atom is 0.509 e. The highest BCUT2D eigenvalue weighted by atomic mass is 16.7. The number of ether oxygens (including phenoxy) is 9. The van der Waals surface area contributed by atoms with E-state index in [0.29, 0.717) is 46.4 Å². The molecule has 0 radical (unpaired) electrons. The lowest BCUT2D eigenvalue weighted by molar-refractivity contribution is -0.246. The van der Waals surface area contributed by atoms with Gasteiger partial charge in [-0.1, -0.05) is 66.7 Å². The summed E-state index contributed by atoms with van der Waals surface area (Å²) < 4.78 is 56.3. The molecule has 318 valence electrons. The summed E-state index contributed by atoms with van der Waals surface area (Å²) in [6.45, 7) is 15.0. The standard InChI is InChI=1S/C47H59NO11/c1-28(57-45(50)59-47(6,7)8)33-23-24-34(48(33)44(49)58-46(3,4)5)32-22-25-35(51-9)38-37(32)41(53-11)39-36(40(38)52-10)29(2)56-43(55-27-31-20-16-13-17-21-31)42(39)54-26-30-18-14-12-15-19-30/h12-22,25,28-29,33-34,42-43H,23-24,26-27H2,1-11H3/t28-,29+,33+,34?,42+,43-/m1/s1. The van der Waals surface area contributed by atoms with Crippen LogP contribution in [0.15, 0.2) is 72.8 Å². The molecule has 0 bridgehead atoms. The van der Waals surface area contributed by atoms with Crippen molar-refractivity contribution in [3.05, 3.63) is 101 Å². The molecule has 12 nitrogen and oxygen atoms in total. The Morgan fingerprint density at radius 1 is 0.729 bits per heavy atom. The third-order valence-corrected chi connectivity index (χ3v) is 10.5. The second kappa shape index (κ2) is 18.1. The molecule has 1 amide bonds. The van der Waals surface area contributed by atoms with Crippen LogP contribution < -0.4 is 14.2 Å². The monoisotopic (exact) mass is 813 g/mol. The van der Waals surface area contributed by atoms with Gasteiger partial charge in [-0.3, -0.25) is 4.90 Å². The summed E-state index contributed by atoms with van der Waals surface area (Å²) >= 11 is 0. The molecule has 6 atom stereocenters. The van der Waals surface area contributed by atoms with E-state index in [9.17, 15) is 9.59 Å². The number of rotatable bonds is 12. The zero-order valence-corrected chi connectivity index (χ0v) is 36.2. The second-order valence-electron chi connectivity index (χ2n) is 17.0. The molecule has 4 aromatic rings. The van der Waals surface area contributed by atoms with Crippen molar-refractivity contribution in [2.24, 2.45) is 0 Å². The molecule has 0 aromatic heterocycles. The van der Waals surface area contributed by atoms with Gasteiger partial charge in [0.05, 0.1) is 58.1 Å². The molecule has 0 spiro atoms. The molecular formula is C47H59NO11. The van der Waals surface area contributed by atoms with Gasteiger partial charge in [0.1, 0.15) is 40.7 Å². The number of hydrogen-bond acceptors (Lipinski definition) is 11. The van der Waals surface area contributed by atoms with Gasteiger partial charge < -0.3 is 42.6 Å². The number of hydrogen-bond donors (Lipinski definition) is 0. The molecule has 6 rings (SSSR count). The molecule has 4 aromatic carbocycles. The number of methoxy groups -OCH3 is 3. The Morgan fingerprint density at radius 2 is 1.31 bits per heavy atom. The minimum absolute atomic E-state index is 0.259. The third-order valence-electron chi connectivity index (χ3n) is 10.5. The van der Waals surface area contributed by atoms with E-state index in [1.165, 1.54) is 0 Å². The van der Waals surface area contributed by atoms with Crippen molar-refractivity contribution >= 4 is 23.0 Å². The van der Waals surface area contributed by atoms with Gasteiger partial charge in [-0.2, -0.15) is 0 Å². The molecule has 2 aliphatic rings. The lowest BCUT2D eigenvalue weighted by Crippen LogP contribution is -2.46. The highest BCUT2D eigenvalue weighted by Crippen LogP contribution is 2.56. The second-order valence-corrected chi connectivity index (χ2v) is 17.0. The summed E-state index contributed by atoms with van der Waals surface area (Å²) in [6, 6.07) is 22.5. The molecule has 0 N–H and O–H groups in total. The Balaban J connectivity index is 1.54. The molecule has 1 saturated heterocycles. The highest BCUT2D eigenvalue weighted by Gasteiger charge is 2.47. The van der Waals surface area contributed by atoms with Crippen molar-refractivity contribution in [1.82, 2.24) is 4.90 Å². The van der Waals surface area contributed by atoms with E-state index < -0.39 is 60.1 Å². The van der Waals surface area contributed by atoms with Gasteiger partial charge in [-0.15, -0.1) is 0 Å². The van der Waals surface area contributed by atoms with E-state index in [0.717, 1.165) is 22.3 Å². The highest BCUT2D eigenvalue weighted by molar-refractivity contribution is 6.03. The van der Waals surface area contributed by atoms with E-state index >= 15 is 0 Å². The summed E-state index contributed by atoms with van der Waals surface area (Å²) in [5.74, 6) is 1.58. The van der Waals surface area contributed by atoms with E-state index in [4.69, 9.17) is 42.6 Å². The quantitative estimate of drug-likeness (QED) is 0.127. The molecule has 1 unspecified atom stereocenters. The number of fused-ring (bicyclic) bond motifs is 2. The molecule has 59 heavy (non-hydrogen) atoms. The Labute approximate surface area is 347 Å². The lowest BCUT2D eigenvalue weighted by atomic mass is 9.85. The number of nitrogens with zero attached hydrogens (tertiary/aromatic N) is 1. The van der Waals surface area contributed by atoms with Gasteiger partial charge in [0.15, 0.2) is 6.29 Å². The van der Waals surface area contributed by atoms with E-state index in [-0.39, 0.29) is 13.2 Å². The molecule has 12 heteroatoms. The topological polar surface area (TPSA) is 120 Å². The fraction of sp³-hybridized carbons (Fsp3) is 0.489. The van der Waals surface area contributed by atoms with Gasteiger partial charge >= 0.3 is 12.2 Å². The predicted octanol–water partition coefficient (Wildman–Crippen LogP) is 10.5. The zero-order chi connectivity index (χ0) is 42.6. The van der Waals surface area contributed by atoms with E-state index in [1.807, 2.05) is 100 Å². The van der Waals surface area contributed by atoms with E-state index in [1.54, 1.807) is 53.9 Å². The molecular weight excluding hydrogens is 755 g/mol. The number of carbonyl (C=O) groups is 2. The van der Waals surface area contributed by atoms with Crippen molar-refractivity contribution in [3.63, 3.8) is 0 Å². The van der Waals surface area contributed by atoms with Gasteiger partial charge in [0.25, 0.3) is 0 Å². The maximum atomic E-state index is 14.4. The van der Waals surface area contributed by atoms with Gasteiger partial charge in [0.2, 0.25) is 0 Å². The van der Waals surface area contributed by atoms with Crippen LogP contribution in [-0.2, 0) is 41.6 Å². The first-order chi connectivity index (χ1) is 28.0. The molecule has 0 saturated carbocycles.